The smallest absolute Gasteiger partial charge is 0.335 e. The molecule has 6 heteroatoms. The van der Waals surface area contributed by atoms with Gasteiger partial charge in [-0.05, 0) is 32.2 Å². The zero-order valence-electron chi connectivity index (χ0n) is 9.45. The predicted octanol–water partition coefficient (Wildman–Crippen LogP) is 1.07. The number of aromatic carboxylic acids is 1. The molecule has 1 aromatic carbocycles. The van der Waals surface area contributed by atoms with E-state index < -0.39 is 23.7 Å². The van der Waals surface area contributed by atoms with Gasteiger partial charge in [0.1, 0.15) is 5.82 Å². The molecule has 0 spiro atoms. The first-order chi connectivity index (χ1) is 7.95. The third-order valence-corrected chi connectivity index (χ3v) is 2.30. The van der Waals surface area contributed by atoms with Crippen LogP contribution >= 0.6 is 0 Å². The van der Waals surface area contributed by atoms with E-state index in [1.165, 1.54) is 0 Å². The maximum absolute atomic E-state index is 13.3. The van der Waals surface area contributed by atoms with Crippen molar-refractivity contribution in [1.82, 2.24) is 5.32 Å². The van der Waals surface area contributed by atoms with Gasteiger partial charge in [-0.1, -0.05) is 0 Å². The molecule has 0 fully saturated rings. The summed E-state index contributed by atoms with van der Waals surface area (Å²) in [5.41, 5.74) is -0.226. The van der Waals surface area contributed by atoms with Gasteiger partial charge in [0.15, 0.2) is 0 Å². The Morgan fingerprint density at radius 2 is 2.06 bits per heavy atom. The lowest BCUT2D eigenvalue weighted by Gasteiger charge is -2.11. The van der Waals surface area contributed by atoms with Crippen LogP contribution in [0.25, 0.3) is 0 Å². The van der Waals surface area contributed by atoms with Gasteiger partial charge in [0.25, 0.3) is 0 Å². The minimum atomic E-state index is -1.18. The van der Waals surface area contributed by atoms with Crippen LogP contribution in [0, 0.1) is 5.82 Å². The Hall–Kier alpha value is -1.95. The van der Waals surface area contributed by atoms with Crippen molar-refractivity contribution >= 4 is 17.6 Å². The van der Waals surface area contributed by atoms with Crippen molar-refractivity contribution < 1.29 is 19.1 Å². The molecule has 1 rings (SSSR count). The highest BCUT2D eigenvalue weighted by Crippen LogP contribution is 2.16. The van der Waals surface area contributed by atoms with E-state index in [9.17, 15) is 14.0 Å². The number of hydrogen-bond donors (Lipinski definition) is 3. The van der Waals surface area contributed by atoms with Gasteiger partial charge in [0, 0.05) is 0 Å². The fourth-order valence-corrected chi connectivity index (χ4v) is 1.13. The number of halogens is 1. The number of carboxylic acids is 1. The minimum Gasteiger partial charge on any atom is -0.478 e. The molecule has 0 saturated carbocycles. The Labute approximate surface area is 97.6 Å². The highest BCUT2D eigenvalue weighted by atomic mass is 19.1. The van der Waals surface area contributed by atoms with Crippen LogP contribution in [0.5, 0.6) is 0 Å². The Morgan fingerprint density at radius 3 is 2.59 bits per heavy atom. The standard InChI is InChI=1S/C11H13FN2O3/c1-6(13-2)10(15)14-9-5-7(11(16)17)3-4-8(9)12/h3-6,13H,1-2H3,(H,14,15)(H,16,17). The zero-order chi connectivity index (χ0) is 13.0. The number of carbonyl (C=O) groups excluding carboxylic acids is 1. The summed E-state index contributed by atoms with van der Waals surface area (Å²) >= 11 is 0. The van der Waals surface area contributed by atoms with E-state index >= 15 is 0 Å². The van der Waals surface area contributed by atoms with Crippen LogP contribution in [0.3, 0.4) is 0 Å². The van der Waals surface area contributed by atoms with Crippen molar-refractivity contribution in [2.45, 2.75) is 13.0 Å². The lowest BCUT2D eigenvalue weighted by Crippen LogP contribution is -2.35. The monoisotopic (exact) mass is 240 g/mol. The van der Waals surface area contributed by atoms with Crippen LogP contribution in [0.1, 0.15) is 17.3 Å². The van der Waals surface area contributed by atoms with E-state index in [1.54, 1.807) is 14.0 Å². The normalized spacial score (nSPS) is 11.9. The van der Waals surface area contributed by atoms with Gasteiger partial charge in [-0.15, -0.1) is 0 Å². The number of benzene rings is 1. The van der Waals surface area contributed by atoms with Gasteiger partial charge < -0.3 is 15.7 Å². The SMILES string of the molecule is CNC(C)C(=O)Nc1cc(C(=O)O)ccc1F. The minimum absolute atomic E-state index is 0.0844. The van der Waals surface area contributed by atoms with Gasteiger partial charge in [-0.3, -0.25) is 4.79 Å². The molecule has 0 saturated heterocycles. The lowest BCUT2D eigenvalue weighted by atomic mass is 10.2. The van der Waals surface area contributed by atoms with Gasteiger partial charge in [0.2, 0.25) is 5.91 Å². The molecule has 0 aliphatic rings. The highest BCUT2D eigenvalue weighted by molar-refractivity contribution is 5.96. The molecule has 1 unspecified atom stereocenters. The third kappa shape index (κ3) is 3.25. The predicted molar refractivity (Wildman–Crippen MR) is 60.5 cm³/mol. The maximum Gasteiger partial charge on any atom is 0.335 e. The summed E-state index contributed by atoms with van der Waals surface area (Å²) in [7, 11) is 1.59. The average molecular weight is 240 g/mol. The second kappa shape index (κ2) is 5.40. The molecule has 92 valence electrons. The molecule has 0 radical (unpaired) electrons. The molecule has 0 bridgehead atoms. The number of anilines is 1. The largest absolute Gasteiger partial charge is 0.478 e. The summed E-state index contributed by atoms with van der Waals surface area (Å²) < 4.78 is 13.3. The second-order valence-corrected chi connectivity index (χ2v) is 3.50. The van der Waals surface area contributed by atoms with Crippen molar-refractivity contribution in [3.63, 3.8) is 0 Å². The summed E-state index contributed by atoms with van der Waals surface area (Å²) in [4.78, 5) is 22.2. The summed E-state index contributed by atoms with van der Waals surface area (Å²) in [5.74, 6) is -2.29. The quantitative estimate of drug-likeness (QED) is 0.735. The molecular formula is C11H13FN2O3. The van der Waals surface area contributed by atoms with Crippen LogP contribution in [-0.2, 0) is 4.79 Å². The Bertz CT molecular complexity index is 448. The van der Waals surface area contributed by atoms with Gasteiger partial charge in [0.05, 0.1) is 17.3 Å². The van der Waals surface area contributed by atoms with Gasteiger partial charge >= 0.3 is 5.97 Å². The summed E-state index contributed by atoms with van der Waals surface area (Å²) in [5, 5.41) is 13.7. The van der Waals surface area contributed by atoms with Crippen LogP contribution in [0.15, 0.2) is 18.2 Å². The highest BCUT2D eigenvalue weighted by Gasteiger charge is 2.14. The molecule has 1 aromatic rings. The van der Waals surface area contributed by atoms with Crippen molar-refractivity contribution in [2.75, 3.05) is 12.4 Å². The molecule has 0 heterocycles. The summed E-state index contributed by atoms with van der Waals surface area (Å²) in [6, 6.07) is 2.72. The van der Waals surface area contributed by atoms with Crippen LogP contribution in [0.2, 0.25) is 0 Å². The number of carboxylic acid groups (broad SMARTS) is 1. The number of rotatable bonds is 4. The fourth-order valence-electron chi connectivity index (χ4n) is 1.13. The number of hydrogen-bond acceptors (Lipinski definition) is 3. The maximum atomic E-state index is 13.3. The van der Waals surface area contributed by atoms with Gasteiger partial charge in [-0.25, -0.2) is 9.18 Å². The molecule has 1 atom stereocenters. The molecule has 0 aliphatic heterocycles. The number of carbonyl (C=O) groups is 2. The average Bonchev–Trinajstić information content (AvgIpc) is 2.30. The first kappa shape index (κ1) is 13.1. The molecule has 0 aromatic heterocycles. The van der Waals surface area contributed by atoms with Crippen LogP contribution in [-0.4, -0.2) is 30.1 Å². The van der Waals surface area contributed by atoms with E-state index in [4.69, 9.17) is 5.11 Å². The first-order valence-electron chi connectivity index (χ1n) is 4.96. The van der Waals surface area contributed by atoms with E-state index in [1.807, 2.05) is 0 Å². The van der Waals surface area contributed by atoms with E-state index in [2.05, 4.69) is 10.6 Å². The molecule has 17 heavy (non-hydrogen) atoms. The first-order valence-corrected chi connectivity index (χ1v) is 4.96. The molecule has 1 amide bonds. The van der Waals surface area contributed by atoms with E-state index in [0.717, 1.165) is 18.2 Å². The summed E-state index contributed by atoms with van der Waals surface area (Å²) in [6.45, 7) is 1.61. The van der Waals surface area contributed by atoms with Crippen molar-refractivity contribution in [1.29, 1.82) is 0 Å². The Balaban J connectivity index is 2.94. The summed E-state index contributed by atoms with van der Waals surface area (Å²) in [6.07, 6.45) is 0. The van der Waals surface area contributed by atoms with Crippen molar-refractivity contribution in [3.05, 3.63) is 29.6 Å². The van der Waals surface area contributed by atoms with E-state index in [0.29, 0.717) is 0 Å². The molecular weight excluding hydrogens is 227 g/mol. The fraction of sp³-hybridized carbons (Fsp3) is 0.273. The van der Waals surface area contributed by atoms with Crippen molar-refractivity contribution in [2.24, 2.45) is 0 Å². The topological polar surface area (TPSA) is 78.4 Å². The molecule has 0 aliphatic carbocycles. The number of nitrogens with one attached hydrogen (secondary N) is 2. The number of likely N-dealkylation sites (N-methyl/N-ethyl adjacent to an activating group) is 1. The van der Waals surface area contributed by atoms with Gasteiger partial charge in [-0.2, -0.15) is 0 Å². The van der Waals surface area contributed by atoms with E-state index in [-0.39, 0.29) is 11.3 Å². The number of amides is 1. The molecule has 5 nitrogen and oxygen atoms in total. The second-order valence-electron chi connectivity index (χ2n) is 3.50. The van der Waals surface area contributed by atoms with Crippen molar-refractivity contribution in [3.8, 4) is 0 Å². The Morgan fingerprint density at radius 1 is 1.41 bits per heavy atom. The van der Waals surface area contributed by atoms with Crippen LogP contribution in [0.4, 0.5) is 10.1 Å². The third-order valence-electron chi connectivity index (χ3n) is 2.30. The molecule has 3 N–H and O–H groups in total. The lowest BCUT2D eigenvalue weighted by molar-refractivity contribution is -0.117. The zero-order valence-corrected chi connectivity index (χ0v) is 9.45. The Kier molecular flexibility index (Phi) is 4.17. The van der Waals surface area contributed by atoms with Crippen LogP contribution < -0.4 is 10.6 Å².